The summed E-state index contributed by atoms with van der Waals surface area (Å²) in [6, 6.07) is 3.74. The number of aromatic hydroxyl groups is 1. The molecule has 0 saturated carbocycles. The van der Waals surface area contributed by atoms with Crippen molar-refractivity contribution in [1.29, 1.82) is 0 Å². The molecule has 1 aliphatic rings. The zero-order valence-corrected chi connectivity index (χ0v) is 10.9. The normalized spacial score (nSPS) is 20.9. The Morgan fingerprint density at radius 3 is 2.68 bits per heavy atom. The van der Waals surface area contributed by atoms with E-state index in [9.17, 15) is 18.3 Å². The molecule has 1 saturated heterocycles. The second-order valence-corrected chi connectivity index (χ2v) is 5.15. The van der Waals surface area contributed by atoms with Crippen molar-refractivity contribution in [2.24, 2.45) is 5.92 Å². The van der Waals surface area contributed by atoms with E-state index >= 15 is 0 Å². The third-order valence-corrected chi connectivity index (χ3v) is 3.72. The van der Waals surface area contributed by atoms with E-state index in [1.807, 2.05) is 0 Å². The smallest absolute Gasteiger partial charge is 0.419 e. The number of halogens is 3. The number of rotatable bonds is 3. The van der Waals surface area contributed by atoms with Gasteiger partial charge >= 0.3 is 6.18 Å². The molecule has 0 amide bonds. The first kappa shape index (κ1) is 14.2. The second-order valence-electron chi connectivity index (χ2n) is 5.15. The van der Waals surface area contributed by atoms with Gasteiger partial charge in [0.15, 0.2) is 0 Å². The fourth-order valence-corrected chi connectivity index (χ4v) is 2.56. The molecule has 0 radical (unpaired) electrons. The number of hydrogen-bond acceptors (Lipinski definition) is 2. The number of alkyl halides is 3. The highest BCUT2D eigenvalue weighted by Crippen LogP contribution is 2.36. The number of likely N-dealkylation sites (tertiary alicyclic amines) is 1. The van der Waals surface area contributed by atoms with Crippen LogP contribution in [0.5, 0.6) is 5.75 Å². The lowest BCUT2D eigenvalue weighted by Gasteiger charge is -2.17. The molecule has 0 spiro atoms. The Bertz CT molecular complexity index is 445. The molecular weight excluding hydrogens is 255 g/mol. The van der Waals surface area contributed by atoms with Crippen molar-refractivity contribution in [1.82, 2.24) is 4.90 Å². The lowest BCUT2D eigenvalue weighted by molar-refractivity contribution is -0.138. The van der Waals surface area contributed by atoms with Crippen LogP contribution in [0.1, 0.15) is 30.9 Å². The van der Waals surface area contributed by atoms with Gasteiger partial charge in [0, 0.05) is 13.1 Å². The fraction of sp³-hybridized carbons (Fsp3) is 0.571. The molecule has 2 rings (SSSR count). The Kier molecular flexibility index (Phi) is 4.04. The maximum Gasteiger partial charge on any atom is 0.419 e. The second kappa shape index (κ2) is 5.41. The zero-order valence-electron chi connectivity index (χ0n) is 10.9. The quantitative estimate of drug-likeness (QED) is 0.908. The lowest BCUT2D eigenvalue weighted by Crippen LogP contribution is -2.20. The third kappa shape index (κ3) is 3.41. The van der Waals surface area contributed by atoms with Gasteiger partial charge in [-0.05, 0) is 36.6 Å². The van der Waals surface area contributed by atoms with E-state index in [-0.39, 0.29) is 0 Å². The molecule has 1 aromatic rings. The molecule has 1 heterocycles. The molecule has 1 unspecified atom stereocenters. The van der Waals surface area contributed by atoms with Crippen molar-refractivity contribution in [3.63, 3.8) is 0 Å². The van der Waals surface area contributed by atoms with Crippen molar-refractivity contribution >= 4 is 0 Å². The highest BCUT2D eigenvalue weighted by molar-refractivity contribution is 5.38. The third-order valence-electron chi connectivity index (χ3n) is 3.72. The Labute approximate surface area is 110 Å². The molecule has 19 heavy (non-hydrogen) atoms. The van der Waals surface area contributed by atoms with Crippen LogP contribution in [0.4, 0.5) is 13.2 Å². The van der Waals surface area contributed by atoms with Crippen LogP contribution in [-0.4, -0.2) is 23.1 Å². The summed E-state index contributed by atoms with van der Waals surface area (Å²) >= 11 is 0. The van der Waals surface area contributed by atoms with Crippen molar-refractivity contribution < 1.29 is 18.3 Å². The summed E-state index contributed by atoms with van der Waals surface area (Å²) in [5.74, 6) is -0.0525. The summed E-state index contributed by atoms with van der Waals surface area (Å²) < 4.78 is 38.1. The Morgan fingerprint density at radius 2 is 2.11 bits per heavy atom. The largest absolute Gasteiger partial charge is 0.507 e. The molecular formula is C14H18F3NO. The lowest BCUT2D eigenvalue weighted by atomic mass is 10.1. The number of hydrogen-bond donors (Lipinski definition) is 1. The van der Waals surface area contributed by atoms with Gasteiger partial charge in [-0.3, -0.25) is 4.90 Å². The summed E-state index contributed by atoms with van der Waals surface area (Å²) in [6.45, 7) is 4.52. The fourth-order valence-electron chi connectivity index (χ4n) is 2.56. The van der Waals surface area contributed by atoms with E-state index in [0.29, 0.717) is 18.0 Å². The Hall–Kier alpha value is -1.23. The van der Waals surface area contributed by atoms with E-state index in [2.05, 4.69) is 11.8 Å². The van der Waals surface area contributed by atoms with Crippen LogP contribution in [0.2, 0.25) is 0 Å². The van der Waals surface area contributed by atoms with Gasteiger partial charge < -0.3 is 5.11 Å². The first-order valence-corrected chi connectivity index (χ1v) is 6.51. The van der Waals surface area contributed by atoms with Gasteiger partial charge in [0.25, 0.3) is 0 Å². The van der Waals surface area contributed by atoms with Crippen LogP contribution < -0.4 is 0 Å². The Morgan fingerprint density at radius 1 is 1.37 bits per heavy atom. The summed E-state index contributed by atoms with van der Waals surface area (Å²) in [7, 11) is 0. The predicted octanol–water partition coefficient (Wildman–Crippen LogP) is 3.64. The van der Waals surface area contributed by atoms with Crippen molar-refractivity contribution in [3.8, 4) is 5.75 Å². The number of phenolic OH excluding ortho intramolecular Hbond substituents is 1. The van der Waals surface area contributed by atoms with Crippen LogP contribution in [0, 0.1) is 5.92 Å². The summed E-state index contributed by atoms with van der Waals surface area (Å²) in [4.78, 5) is 2.17. The maximum absolute atomic E-state index is 12.7. The monoisotopic (exact) mass is 273 g/mol. The molecule has 0 aliphatic carbocycles. The molecule has 1 aliphatic heterocycles. The highest BCUT2D eigenvalue weighted by atomic mass is 19.4. The predicted molar refractivity (Wildman–Crippen MR) is 66.8 cm³/mol. The molecule has 0 bridgehead atoms. The number of phenols is 1. The minimum atomic E-state index is -4.50. The van der Waals surface area contributed by atoms with Gasteiger partial charge in [0.1, 0.15) is 5.75 Å². The summed E-state index contributed by atoms with van der Waals surface area (Å²) in [6.07, 6.45) is -2.28. The van der Waals surface area contributed by atoms with Crippen LogP contribution in [0.25, 0.3) is 0 Å². The van der Waals surface area contributed by atoms with Gasteiger partial charge in [-0.25, -0.2) is 0 Å². The van der Waals surface area contributed by atoms with Gasteiger partial charge in [-0.15, -0.1) is 0 Å². The average Bonchev–Trinajstić information content (AvgIpc) is 2.78. The van der Waals surface area contributed by atoms with Crippen molar-refractivity contribution in [2.45, 2.75) is 32.5 Å². The average molecular weight is 273 g/mol. The Balaban J connectivity index is 2.10. The van der Waals surface area contributed by atoms with E-state index in [1.54, 1.807) is 6.07 Å². The molecule has 2 nitrogen and oxygen atoms in total. The van der Waals surface area contributed by atoms with E-state index in [0.717, 1.165) is 38.1 Å². The molecule has 1 N–H and O–H groups in total. The molecule has 1 aromatic carbocycles. The highest BCUT2D eigenvalue weighted by Gasteiger charge is 2.34. The topological polar surface area (TPSA) is 23.5 Å². The van der Waals surface area contributed by atoms with Crippen molar-refractivity contribution in [2.75, 3.05) is 13.1 Å². The van der Waals surface area contributed by atoms with Gasteiger partial charge in [0.2, 0.25) is 0 Å². The minimum absolute atomic E-state index is 0.514. The van der Waals surface area contributed by atoms with Gasteiger partial charge in [-0.1, -0.05) is 19.4 Å². The first-order chi connectivity index (χ1) is 8.90. The van der Waals surface area contributed by atoms with Crippen LogP contribution >= 0.6 is 0 Å². The minimum Gasteiger partial charge on any atom is -0.507 e. The number of nitrogens with zero attached hydrogens (tertiary/aromatic N) is 1. The van der Waals surface area contributed by atoms with E-state index in [1.165, 1.54) is 0 Å². The van der Waals surface area contributed by atoms with Gasteiger partial charge in [0.05, 0.1) is 5.56 Å². The van der Waals surface area contributed by atoms with Crippen molar-refractivity contribution in [3.05, 3.63) is 29.3 Å². The van der Waals surface area contributed by atoms with E-state index in [4.69, 9.17) is 0 Å². The molecule has 5 heteroatoms. The van der Waals surface area contributed by atoms with Gasteiger partial charge in [-0.2, -0.15) is 13.2 Å². The zero-order chi connectivity index (χ0) is 14.0. The summed E-state index contributed by atoms with van der Waals surface area (Å²) in [5, 5.41) is 9.28. The van der Waals surface area contributed by atoms with Crippen LogP contribution in [0.3, 0.4) is 0 Å². The molecule has 1 fully saturated rings. The molecule has 1 atom stereocenters. The SMILES string of the molecule is CCC1CCN(Cc2ccc(O)c(C(F)(F)F)c2)C1. The van der Waals surface area contributed by atoms with Crippen LogP contribution in [-0.2, 0) is 12.7 Å². The number of benzene rings is 1. The molecule has 106 valence electrons. The van der Waals surface area contributed by atoms with Crippen LogP contribution in [0.15, 0.2) is 18.2 Å². The van der Waals surface area contributed by atoms with E-state index < -0.39 is 17.5 Å². The first-order valence-electron chi connectivity index (χ1n) is 6.51. The molecule has 0 aromatic heterocycles. The summed E-state index contributed by atoms with van der Waals surface area (Å²) in [5.41, 5.74) is -0.349. The standard InChI is InChI=1S/C14H18F3NO/c1-2-10-5-6-18(8-10)9-11-3-4-13(19)12(7-11)14(15,16)17/h3-4,7,10,19H,2,5-6,8-9H2,1H3. The maximum atomic E-state index is 12.7.